The van der Waals surface area contributed by atoms with Gasteiger partial charge in [0, 0.05) is 25.7 Å². The van der Waals surface area contributed by atoms with E-state index in [1.807, 2.05) is 4.57 Å². The van der Waals surface area contributed by atoms with Gasteiger partial charge in [-0.2, -0.15) is 0 Å². The lowest BCUT2D eigenvalue weighted by Gasteiger charge is -2.19. The van der Waals surface area contributed by atoms with Crippen LogP contribution in [0.3, 0.4) is 0 Å². The van der Waals surface area contributed by atoms with Crippen molar-refractivity contribution in [2.45, 2.75) is 32.7 Å². The first kappa shape index (κ1) is 13.6. The van der Waals surface area contributed by atoms with E-state index in [1.54, 1.807) is 6.20 Å². The van der Waals surface area contributed by atoms with Crippen LogP contribution in [0.5, 0.6) is 0 Å². The number of rotatable bonds is 4. The summed E-state index contributed by atoms with van der Waals surface area (Å²) in [4.78, 5) is 27.1. The Hall–Kier alpha value is -1.85. The molecule has 1 aromatic heterocycles. The third-order valence-electron chi connectivity index (χ3n) is 3.30. The summed E-state index contributed by atoms with van der Waals surface area (Å²) in [6, 6.07) is 0. The van der Waals surface area contributed by atoms with Gasteiger partial charge >= 0.3 is 5.97 Å². The summed E-state index contributed by atoms with van der Waals surface area (Å²) in [7, 11) is 1.33. The highest BCUT2D eigenvalue weighted by Gasteiger charge is 2.19. The molecule has 2 rings (SSSR count). The lowest BCUT2D eigenvalue weighted by molar-refractivity contribution is -0.140. The zero-order chi connectivity index (χ0) is 13.8. The standard InChI is InChI=1S/C13H19N3O3/c1-9-3-4-11-15-10(8-16(11)7-9)13(18)14-6-5-12(17)19-2/h8-9H,3-7H2,1-2H3,(H,14,18). The molecule has 0 aliphatic carbocycles. The number of carbonyl (C=O) groups is 2. The van der Waals surface area contributed by atoms with E-state index in [9.17, 15) is 9.59 Å². The topological polar surface area (TPSA) is 73.2 Å². The van der Waals surface area contributed by atoms with Crippen molar-refractivity contribution in [3.63, 3.8) is 0 Å². The van der Waals surface area contributed by atoms with Gasteiger partial charge in [0.15, 0.2) is 0 Å². The van der Waals surface area contributed by atoms with Crippen LogP contribution < -0.4 is 5.32 Å². The quantitative estimate of drug-likeness (QED) is 0.816. The molecule has 0 saturated heterocycles. The van der Waals surface area contributed by atoms with Gasteiger partial charge in [0.1, 0.15) is 11.5 Å². The summed E-state index contributed by atoms with van der Waals surface area (Å²) in [6.45, 7) is 3.38. The van der Waals surface area contributed by atoms with E-state index < -0.39 is 0 Å². The van der Waals surface area contributed by atoms with Crippen LogP contribution in [0.2, 0.25) is 0 Å². The summed E-state index contributed by atoms with van der Waals surface area (Å²) in [5.41, 5.74) is 0.425. The summed E-state index contributed by atoms with van der Waals surface area (Å²) < 4.78 is 6.55. The largest absolute Gasteiger partial charge is 0.469 e. The van der Waals surface area contributed by atoms with E-state index >= 15 is 0 Å². The van der Waals surface area contributed by atoms with Crippen molar-refractivity contribution < 1.29 is 14.3 Å². The number of hydrogen-bond acceptors (Lipinski definition) is 4. The van der Waals surface area contributed by atoms with Crippen LogP contribution in [0.1, 0.15) is 36.1 Å². The lowest BCUT2D eigenvalue weighted by Crippen LogP contribution is -2.26. The van der Waals surface area contributed by atoms with Gasteiger partial charge in [0.25, 0.3) is 5.91 Å². The lowest BCUT2D eigenvalue weighted by atomic mass is 10.0. The Morgan fingerprint density at radius 1 is 1.58 bits per heavy atom. The number of imidazole rings is 1. The number of aromatic nitrogens is 2. The minimum absolute atomic E-state index is 0.173. The van der Waals surface area contributed by atoms with Crippen molar-refractivity contribution in [2.24, 2.45) is 5.92 Å². The molecule has 1 atom stereocenters. The van der Waals surface area contributed by atoms with Crippen molar-refractivity contribution >= 4 is 11.9 Å². The molecule has 0 aromatic carbocycles. The second-order valence-electron chi connectivity index (χ2n) is 4.92. The fraction of sp³-hybridized carbons (Fsp3) is 0.615. The maximum Gasteiger partial charge on any atom is 0.307 e. The third kappa shape index (κ3) is 3.33. The normalized spacial score (nSPS) is 17.7. The van der Waals surface area contributed by atoms with Crippen LogP contribution in [0, 0.1) is 5.92 Å². The molecule has 1 amide bonds. The number of hydrogen-bond donors (Lipinski definition) is 1. The highest BCUT2D eigenvalue weighted by Crippen LogP contribution is 2.19. The molecule has 1 unspecified atom stereocenters. The molecule has 0 saturated carbocycles. The van der Waals surface area contributed by atoms with E-state index in [2.05, 4.69) is 22.0 Å². The first-order valence-corrected chi connectivity index (χ1v) is 6.51. The molecular formula is C13H19N3O3. The fourth-order valence-electron chi connectivity index (χ4n) is 2.19. The highest BCUT2D eigenvalue weighted by molar-refractivity contribution is 5.92. The maximum atomic E-state index is 11.9. The fourth-order valence-corrected chi connectivity index (χ4v) is 2.19. The molecule has 0 fully saturated rings. The van der Waals surface area contributed by atoms with Crippen LogP contribution in [-0.4, -0.2) is 35.1 Å². The molecule has 0 radical (unpaired) electrons. The number of ether oxygens (including phenoxy) is 1. The van der Waals surface area contributed by atoms with E-state index in [0.717, 1.165) is 25.2 Å². The van der Waals surface area contributed by atoms with Crippen LogP contribution in [0.15, 0.2) is 6.20 Å². The van der Waals surface area contributed by atoms with Gasteiger partial charge in [-0.25, -0.2) is 4.98 Å². The van der Waals surface area contributed by atoms with E-state index in [0.29, 0.717) is 11.6 Å². The number of amides is 1. The van der Waals surface area contributed by atoms with Gasteiger partial charge in [0.2, 0.25) is 0 Å². The van der Waals surface area contributed by atoms with E-state index in [-0.39, 0.29) is 24.8 Å². The van der Waals surface area contributed by atoms with Crippen molar-refractivity contribution in [2.75, 3.05) is 13.7 Å². The SMILES string of the molecule is COC(=O)CCNC(=O)c1cn2c(n1)CCC(C)C2. The maximum absolute atomic E-state index is 11.9. The Morgan fingerprint density at radius 2 is 2.37 bits per heavy atom. The monoisotopic (exact) mass is 265 g/mol. The number of methoxy groups -OCH3 is 1. The average molecular weight is 265 g/mol. The summed E-state index contributed by atoms with van der Waals surface area (Å²) in [6.07, 6.45) is 3.99. The molecule has 19 heavy (non-hydrogen) atoms. The molecule has 1 aromatic rings. The smallest absolute Gasteiger partial charge is 0.307 e. The minimum Gasteiger partial charge on any atom is -0.469 e. The molecule has 0 spiro atoms. The summed E-state index contributed by atoms with van der Waals surface area (Å²) >= 11 is 0. The first-order chi connectivity index (χ1) is 9.10. The predicted molar refractivity (Wildman–Crippen MR) is 68.7 cm³/mol. The average Bonchev–Trinajstić information content (AvgIpc) is 2.81. The molecule has 6 heteroatoms. The Labute approximate surface area is 112 Å². The summed E-state index contributed by atoms with van der Waals surface area (Å²) in [5.74, 6) is 1.02. The zero-order valence-corrected chi connectivity index (χ0v) is 11.3. The number of aryl methyl sites for hydroxylation is 1. The molecule has 6 nitrogen and oxygen atoms in total. The van der Waals surface area contributed by atoms with Crippen molar-refractivity contribution in [1.82, 2.24) is 14.9 Å². The number of esters is 1. The molecule has 1 aliphatic heterocycles. The second-order valence-corrected chi connectivity index (χ2v) is 4.92. The number of carbonyl (C=O) groups excluding carboxylic acids is 2. The predicted octanol–water partition coefficient (Wildman–Crippen LogP) is 0.758. The minimum atomic E-state index is -0.335. The first-order valence-electron chi connectivity index (χ1n) is 6.51. The van der Waals surface area contributed by atoms with Gasteiger partial charge in [-0.1, -0.05) is 6.92 Å². The Kier molecular flexibility index (Phi) is 4.19. The van der Waals surface area contributed by atoms with E-state index in [1.165, 1.54) is 7.11 Å². The van der Waals surface area contributed by atoms with Crippen LogP contribution in [-0.2, 0) is 22.5 Å². The van der Waals surface area contributed by atoms with Crippen molar-refractivity contribution in [3.8, 4) is 0 Å². The van der Waals surface area contributed by atoms with Gasteiger partial charge < -0.3 is 14.6 Å². The van der Waals surface area contributed by atoms with Crippen LogP contribution in [0.25, 0.3) is 0 Å². The van der Waals surface area contributed by atoms with Crippen LogP contribution in [0.4, 0.5) is 0 Å². The number of nitrogens with one attached hydrogen (secondary N) is 1. The van der Waals surface area contributed by atoms with Gasteiger partial charge in [-0.3, -0.25) is 9.59 Å². The molecular weight excluding hydrogens is 246 g/mol. The Morgan fingerprint density at radius 3 is 3.11 bits per heavy atom. The molecule has 0 bridgehead atoms. The highest BCUT2D eigenvalue weighted by atomic mass is 16.5. The Balaban J connectivity index is 1.91. The van der Waals surface area contributed by atoms with Gasteiger partial charge in [-0.05, 0) is 12.3 Å². The second kappa shape index (κ2) is 5.86. The van der Waals surface area contributed by atoms with Crippen molar-refractivity contribution in [1.29, 1.82) is 0 Å². The molecule has 1 N–H and O–H groups in total. The van der Waals surface area contributed by atoms with Gasteiger partial charge in [-0.15, -0.1) is 0 Å². The Bertz CT molecular complexity index is 481. The third-order valence-corrected chi connectivity index (χ3v) is 3.30. The molecule has 1 aliphatic rings. The number of nitrogens with zero attached hydrogens (tertiary/aromatic N) is 2. The zero-order valence-electron chi connectivity index (χ0n) is 11.3. The van der Waals surface area contributed by atoms with E-state index in [4.69, 9.17) is 0 Å². The molecule has 104 valence electrons. The van der Waals surface area contributed by atoms with Crippen molar-refractivity contribution in [3.05, 3.63) is 17.7 Å². The van der Waals surface area contributed by atoms with Gasteiger partial charge in [0.05, 0.1) is 13.5 Å². The molecule has 2 heterocycles. The van der Waals surface area contributed by atoms with Crippen LogP contribution >= 0.6 is 0 Å². The summed E-state index contributed by atoms with van der Waals surface area (Å²) in [5, 5.41) is 2.67. The number of fused-ring (bicyclic) bond motifs is 1.